The van der Waals surface area contributed by atoms with E-state index in [-0.39, 0.29) is 11.7 Å². The van der Waals surface area contributed by atoms with Crippen LogP contribution in [0.2, 0.25) is 0 Å². The summed E-state index contributed by atoms with van der Waals surface area (Å²) in [6, 6.07) is 5.76. The topological polar surface area (TPSA) is 67.2 Å². The lowest BCUT2D eigenvalue weighted by molar-refractivity contribution is -0.178. The molecule has 148 valence electrons. The van der Waals surface area contributed by atoms with Gasteiger partial charge in [-0.05, 0) is 68.1 Å². The van der Waals surface area contributed by atoms with E-state index in [1.165, 1.54) is 12.1 Å². The van der Waals surface area contributed by atoms with Crippen molar-refractivity contribution in [1.29, 1.82) is 0 Å². The average molecular weight is 383 g/mol. The fourth-order valence-electron chi connectivity index (χ4n) is 6.37. The van der Waals surface area contributed by atoms with Crippen LogP contribution in [0.15, 0.2) is 36.7 Å². The molecule has 28 heavy (non-hydrogen) atoms. The summed E-state index contributed by atoms with van der Waals surface area (Å²) in [6.07, 6.45) is 8.60. The summed E-state index contributed by atoms with van der Waals surface area (Å²) in [7, 11) is 1.89. The molecule has 2 aromatic rings. The number of benzene rings is 1. The van der Waals surface area contributed by atoms with E-state index in [9.17, 15) is 14.3 Å². The summed E-state index contributed by atoms with van der Waals surface area (Å²) in [4.78, 5) is 18.0. The Morgan fingerprint density at radius 2 is 1.93 bits per heavy atom. The summed E-state index contributed by atoms with van der Waals surface area (Å²) < 4.78 is 15.3. The molecule has 2 N–H and O–H groups in total. The molecule has 0 aliphatic heterocycles. The van der Waals surface area contributed by atoms with Crippen LogP contribution in [0.3, 0.4) is 0 Å². The van der Waals surface area contributed by atoms with Crippen molar-refractivity contribution < 1.29 is 14.3 Å². The second-order valence-corrected chi connectivity index (χ2v) is 9.32. The first-order valence-electron chi connectivity index (χ1n) is 10.1. The van der Waals surface area contributed by atoms with E-state index in [1.807, 2.05) is 17.8 Å². The van der Waals surface area contributed by atoms with E-state index in [4.69, 9.17) is 0 Å². The van der Waals surface area contributed by atoms with Gasteiger partial charge in [0.15, 0.2) is 0 Å². The van der Waals surface area contributed by atoms with Crippen molar-refractivity contribution in [1.82, 2.24) is 14.9 Å². The van der Waals surface area contributed by atoms with Crippen LogP contribution < -0.4 is 5.32 Å². The first-order valence-corrected chi connectivity index (χ1v) is 10.1. The second-order valence-electron chi connectivity index (χ2n) is 9.32. The van der Waals surface area contributed by atoms with Gasteiger partial charge in [0.1, 0.15) is 17.7 Å². The van der Waals surface area contributed by atoms with Crippen LogP contribution in [-0.2, 0) is 11.8 Å². The van der Waals surface area contributed by atoms with E-state index in [0.29, 0.717) is 24.1 Å². The number of carbonyl (C=O) groups is 1. The number of halogens is 1. The summed E-state index contributed by atoms with van der Waals surface area (Å²) in [5, 5.41) is 14.2. The van der Waals surface area contributed by atoms with Crippen molar-refractivity contribution in [3.05, 3.63) is 53.9 Å². The Morgan fingerprint density at radius 3 is 2.50 bits per heavy atom. The maximum atomic E-state index is 13.6. The van der Waals surface area contributed by atoms with Crippen molar-refractivity contribution in [2.24, 2.45) is 24.3 Å². The second kappa shape index (κ2) is 6.14. The Morgan fingerprint density at radius 1 is 1.25 bits per heavy atom. The highest BCUT2D eigenvalue weighted by Crippen LogP contribution is 2.61. The quantitative estimate of drug-likeness (QED) is 0.853. The summed E-state index contributed by atoms with van der Waals surface area (Å²) >= 11 is 0. The number of nitrogens with zero attached hydrogens (tertiary/aromatic N) is 2. The predicted molar refractivity (Wildman–Crippen MR) is 102 cm³/mol. The molecule has 5 nitrogen and oxygen atoms in total. The van der Waals surface area contributed by atoms with Gasteiger partial charge in [-0.15, -0.1) is 0 Å². The van der Waals surface area contributed by atoms with Crippen LogP contribution in [0.4, 0.5) is 4.39 Å². The number of rotatable bonds is 4. The van der Waals surface area contributed by atoms with Gasteiger partial charge in [-0.3, -0.25) is 4.79 Å². The van der Waals surface area contributed by atoms with Crippen molar-refractivity contribution in [3.8, 4) is 0 Å². The molecule has 0 unspecified atom stereocenters. The lowest BCUT2D eigenvalue weighted by Crippen LogP contribution is -2.60. The zero-order valence-corrected chi connectivity index (χ0v) is 16.1. The maximum Gasteiger partial charge on any atom is 0.227 e. The molecule has 6 rings (SSSR count). The van der Waals surface area contributed by atoms with E-state index >= 15 is 0 Å². The lowest BCUT2D eigenvalue weighted by atomic mass is 9.47. The largest absolute Gasteiger partial charge is 0.390 e. The minimum absolute atomic E-state index is 0.00245. The number of aliphatic hydroxyl groups is 1. The molecule has 0 saturated heterocycles. The molecular weight excluding hydrogens is 357 g/mol. The molecule has 1 aromatic carbocycles. The minimum atomic E-state index is -0.685. The fourth-order valence-corrected chi connectivity index (χ4v) is 6.37. The molecule has 4 bridgehead atoms. The molecule has 1 heterocycles. The molecular formula is C22H26FN3O2. The number of nitrogens with one attached hydrogen (secondary N) is 1. The molecule has 3 atom stereocenters. The van der Waals surface area contributed by atoms with Gasteiger partial charge in [0.05, 0.1) is 11.0 Å². The van der Waals surface area contributed by atoms with Gasteiger partial charge in [-0.25, -0.2) is 9.37 Å². The number of hydrogen-bond acceptors (Lipinski definition) is 3. The maximum absolute atomic E-state index is 13.6. The van der Waals surface area contributed by atoms with Crippen LogP contribution in [0.25, 0.3) is 0 Å². The number of amides is 1. The molecule has 1 amide bonds. The highest BCUT2D eigenvalue weighted by atomic mass is 19.1. The Bertz CT molecular complexity index is 893. The van der Waals surface area contributed by atoms with Gasteiger partial charge in [-0.1, -0.05) is 12.1 Å². The van der Waals surface area contributed by atoms with Crippen molar-refractivity contribution in [2.75, 3.05) is 0 Å². The smallest absolute Gasteiger partial charge is 0.227 e. The predicted octanol–water partition coefficient (Wildman–Crippen LogP) is 3.10. The number of hydrogen-bond donors (Lipinski definition) is 2. The number of aromatic nitrogens is 2. The molecule has 4 aliphatic rings. The molecule has 0 spiro atoms. The van der Waals surface area contributed by atoms with Crippen LogP contribution in [0, 0.1) is 23.1 Å². The summed E-state index contributed by atoms with van der Waals surface area (Å²) in [5.74, 6) is 1.28. The van der Waals surface area contributed by atoms with Gasteiger partial charge >= 0.3 is 0 Å². The third-order valence-electron chi connectivity index (χ3n) is 7.11. The zero-order chi connectivity index (χ0) is 19.5. The van der Waals surface area contributed by atoms with E-state index in [1.54, 1.807) is 18.3 Å². The standard InChI is InChI=1S/C22H26FN3O2/c1-26-7-6-24-19(26)18(16-2-4-17(23)5-3-16)25-20(27)21-9-14-8-15(10-21)12-22(28,11-14)13-21/h2-7,14-15,18,28H,8-13H2,1H3,(H,25,27)/t14-,15-,18+,21?,22?/m1/s1. The third kappa shape index (κ3) is 2.85. The molecule has 1 aromatic heterocycles. The first-order chi connectivity index (χ1) is 13.4. The van der Waals surface area contributed by atoms with Gasteiger partial charge in [0, 0.05) is 19.4 Å². The van der Waals surface area contributed by atoms with Crippen LogP contribution in [0.1, 0.15) is 56.0 Å². The van der Waals surface area contributed by atoms with E-state index in [0.717, 1.165) is 37.7 Å². The van der Waals surface area contributed by atoms with Crippen molar-refractivity contribution >= 4 is 5.91 Å². The van der Waals surface area contributed by atoms with Gasteiger partial charge in [0.25, 0.3) is 0 Å². The fraction of sp³-hybridized carbons (Fsp3) is 0.545. The van der Waals surface area contributed by atoms with Gasteiger partial charge in [-0.2, -0.15) is 0 Å². The van der Waals surface area contributed by atoms with Gasteiger partial charge in [0.2, 0.25) is 5.91 Å². The number of carbonyl (C=O) groups excluding carboxylic acids is 1. The van der Waals surface area contributed by atoms with E-state index in [2.05, 4.69) is 10.3 Å². The normalized spacial score (nSPS) is 34.4. The monoisotopic (exact) mass is 383 g/mol. The molecule has 4 aliphatic carbocycles. The molecule has 4 saturated carbocycles. The SMILES string of the molecule is Cn1ccnc1[C@@H](NC(=O)C12C[C@H]3C[C@@H](CC(O)(C3)C1)C2)c1ccc(F)cc1. The number of imidazole rings is 1. The highest BCUT2D eigenvalue weighted by molar-refractivity contribution is 5.84. The summed E-state index contributed by atoms with van der Waals surface area (Å²) in [6.45, 7) is 0. The third-order valence-corrected chi connectivity index (χ3v) is 7.11. The van der Waals surface area contributed by atoms with Crippen LogP contribution in [-0.4, -0.2) is 26.2 Å². The Kier molecular flexibility index (Phi) is 3.92. The molecule has 4 fully saturated rings. The first kappa shape index (κ1) is 17.9. The summed E-state index contributed by atoms with van der Waals surface area (Å²) in [5.41, 5.74) is -0.384. The Labute approximate surface area is 164 Å². The zero-order valence-electron chi connectivity index (χ0n) is 16.1. The average Bonchev–Trinajstić information content (AvgIpc) is 3.04. The highest BCUT2D eigenvalue weighted by Gasteiger charge is 2.60. The Hall–Kier alpha value is -2.21. The molecule has 0 radical (unpaired) electrons. The van der Waals surface area contributed by atoms with Crippen LogP contribution >= 0.6 is 0 Å². The van der Waals surface area contributed by atoms with Gasteiger partial charge < -0.3 is 15.0 Å². The van der Waals surface area contributed by atoms with Crippen LogP contribution in [0.5, 0.6) is 0 Å². The van der Waals surface area contributed by atoms with Crippen molar-refractivity contribution in [3.63, 3.8) is 0 Å². The lowest BCUT2D eigenvalue weighted by Gasteiger charge is -2.59. The minimum Gasteiger partial charge on any atom is -0.390 e. The Balaban J connectivity index is 1.47. The van der Waals surface area contributed by atoms with E-state index < -0.39 is 17.1 Å². The number of aryl methyl sites for hydroxylation is 1. The van der Waals surface area contributed by atoms with Crippen molar-refractivity contribution in [2.45, 2.75) is 50.2 Å². The molecule has 6 heteroatoms.